The minimum Gasteiger partial charge on any atom is -0.451 e. The molecule has 5 nitrogen and oxygen atoms in total. The SMILES string of the molecule is C[C@@H](NC(=O)COC(=O)c1ccccn1)c1ccc(Cl)c(Cl)c1. The van der Waals surface area contributed by atoms with Crippen LogP contribution in [-0.2, 0) is 9.53 Å². The Morgan fingerprint density at radius 3 is 2.65 bits per heavy atom. The highest BCUT2D eigenvalue weighted by molar-refractivity contribution is 6.42. The summed E-state index contributed by atoms with van der Waals surface area (Å²) in [5, 5.41) is 3.56. The number of benzene rings is 1. The van der Waals surface area contributed by atoms with Crippen LogP contribution in [0.2, 0.25) is 10.0 Å². The smallest absolute Gasteiger partial charge is 0.357 e. The van der Waals surface area contributed by atoms with Gasteiger partial charge in [0.05, 0.1) is 16.1 Å². The lowest BCUT2D eigenvalue weighted by molar-refractivity contribution is -0.124. The standard InChI is InChI=1S/C16H14Cl2N2O3/c1-10(11-5-6-12(17)13(18)8-11)20-15(21)9-23-16(22)14-4-2-3-7-19-14/h2-8,10H,9H2,1H3,(H,20,21)/t10-/m1/s1. The minimum absolute atomic E-state index is 0.151. The third-order valence-corrected chi connectivity index (χ3v) is 3.77. The molecular weight excluding hydrogens is 339 g/mol. The maximum atomic E-state index is 11.8. The van der Waals surface area contributed by atoms with Gasteiger partial charge in [0, 0.05) is 6.20 Å². The zero-order chi connectivity index (χ0) is 16.8. The van der Waals surface area contributed by atoms with Crippen molar-refractivity contribution >= 4 is 35.1 Å². The van der Waals surface area contributed by atoms with Crippen molar-refractivity contribution in [2.75, 3.05) is 6.61 Å². The van der Waals surface area contributed by atoms with Gasteiger partial charge < -0.3 is 10.1 Å². The molecule has 2 rings (SSSR count). The van der Waals surface area contributed by atoms with Crippen LogP contribution in [-0.4, -0.2) is 23.5 Å². The number of amides is 1. The van der Waals surface area contributed by atoms with Gasteiger partial charge in [0.15, 0.2) is 6.61 Å². The van der Waals surface area contributed by atoms with Gasteiger partial charge in [-0.3, -0.25) is 4.79 Å². The lowest BCUT2D eigenvalue weighted by atomic mass is 10.1. The molecule has 0 fully saturated rings. The van der Waals surface area contributed by atoms with Gasteiger partial charge in [0.2, 0.25) is 0 Å². The third-order valence-electron chi connectivity index (χ3n) is 3.03. The van der Waals surface area contributed by atoms with Crippen LogP contribution in [0.1, 0.15) is 29.0 Å². The van der Waals surface area contributed by atoms with Gasteiger partial charge in [0.25, 0.3) is 5.91 Å². The van der Waals surface area contributed by atoms with Crippen LogP contribution in [0.25, 0.3) is 0 Å². The van der Waals surface area contributed by atoms with E-state index >= 15 is 0 Å². The highest BCUT2D eigenvalue weighted by atomic mass is 35.5. The second-order valence-corrected chi connectivity index (χ2v) is 5.57. The lowest BCUT2D eigenvalue weighted by Gasteiger charge is -2.15. The summed E-state index contributed by atoms with van der Waals surface area (Å²) in [5.74, 6) is -1.07. The number of pyridine rings is 1. The molecule has 1 atom stereocenters. The molecule has 0 aliphatic heterocycles. The average molecular weight is 353 g/mol. The van der Waals surface area contributed by atoms with E-state index in [0.717, 1.165) is 5.56 Å². The molecule has 0 aliphatic carbocycles. The maximum absolute atomic E-state index is 11.8. The number of nitrogens with one attached hydrogen (secondary N) is 1. The van der Waals surface area contributed by atoms with E-state index in [1.807, 2.05) is 0 Å². The first-order valence-corrected chi connectivity index (χ1v) is 7.55. The number of carbonyl (C=O) groups excluding carboxylic acids is 2. The molecule has 0 saturated heterocycles. The fraction of sp³-hybridized carbons (Fsp3) is 0.188. The highest BCUT2D eigenvalue weighted by Crippen LogP contribution is 2.25. The van der Waals surface area contributed by atoms with Crippen LogP contribution in [0.5, 0.6) is 0 Å². The quantitative estimate of drug-likeness (QED) is 0.837. The predicted octanol–water partition coefficient (Wildman–Crippen LogP) is 3.42. The Kier molecular flexibility index (Phi) is 5.96. The molecule has 1 aromatic heterocycles. The molecule has 1 N–H and O–H groups in total. The Bertz CT molecular complexity index is 708. The number of hydrogen-bond acceptors (Lipinski definition) is 4. The van der Waals surface area contributed by atoms with Crippen molar-refractivity contribution in [2.24, 2.45) is 0 Å². The Labute approximate surface area is 143 Å². The first-order valence-electron chi connectivity index (χ1n) is 6.80. The summed E-state index contributed by atoms with van der Waals surface area (Å²) in [6.45, 7) is 1.40. The first kappa shape index (κ1) is 17.2. The Morgan fingerprint density at radius 2 is 2.00 bits per heavy atom. The van der Waals surface area contributed by atoms with E-state index in [0.29, 0.717) is 10.0 Å². The number of hydrogen-bond donors (Lipinski definition) is 1. The average Bonchev–Trinajstić information content (AvgIpc) is 2.55. The fourth-order valence-electron chi connectivity index (χ4n) is 1.84. The van der Waals surface area contributed by atoms with Crippen molar-refractivity contribution in [3.05, 3.63) is 63.9 Å². The Morgan fingerprint density at radius 1 is 1.22 bits per heavy atom. The summed E-state index contributed by atoms with van der Waals surface area (Å²) in [6, 6.07) is 9.65. The largest absolute Gasteiger partial charge is 0.451 e. The molecule has 0 saturated carbocycles. The van der Waals surface area contributed by atoms with Crippen molar-refractivity contribution in [3.8, 4) is 0 Å². The van der Waals surface area contributed by atoms with E-state index in [1.54, 1.807) is 37.3 Å². The number of rotatable bonds is 5. The number of nitrogens with zero attached hydrogens (tertiary/aromatic N) is 1. The second-order valence-electron chi connectivity index (χ2n) is 4.75. The summed E-state index contributed by atoms with van der Waals surface area (Å²) in [6.07, 6.45) is 1.48. The molecule has 1 amide bonds. The molecule has 1 aromatic carbocycles. The maximum Gasteiger partial charge on any atom is 0.357 e. The number of halogens is 2. The summed E-state index contributed by atoms with van der Waals surface area (Å²) in [5.41, 5.74) is 0.946. The Hall–Kier alpha value is -2.11. The third kappa shape index (κ3) is 4.94. The molecule has 0 unspecified atom stereocenters. The van der Waals surface area contributed by atoms with Gasteiger partial charge in [-0.25, -0.2) is 9.78 Å². The molecule has 0 radical (unpaired) electrons. The van der Waals surface area contributed by atoms with Crippen molar-refractivity contribution in [3.63, 3.8) is 0 Å². The normalized spacial score (nSPS) is 11.6. The van der Waals surface area contributed by atoms with E-state index < -0.39 is 11.9 Å². The molecular formula is C16H14Cl2N2O3. The van der Waals surface area contributed by atoms with Crippen LogP contribution in [0.4, 0.5) is 0 Å². The second kappa shape index (κ2) is 7.94. The van der Waals surface area contributed by atoms with Gasteiger partial charge in [-0.15, -0.1) is 0 Å². The van der Waals surface area contributed by atoms with Gasteiger partial charge in [-0.1, -0.05) is 35.3 Å². The lowest BCUT2D eigenvalue weighted by Crippen LogP contribution is -2.31. The topological polar surface area (TPSA) is 68.3 Å². The van der Waals surface area contributed by atoms with E-state index in [9.17, 15) is 9.59 Å². The number of aromatic nitrogens is 1. The van der Waals surface area contributed by atoms with E-state index in [-0.39, 0.29) is 18.3 Å². The molecule has 23 heavy (non-hydrogen) atoms. The number of ether oxygens (including phenoxy) is 1. The molecule has 0 bridgehead atoms. The number of esters is 1. The summed E-state index contributed by atoms with van der Waals surface area (Å²) < 4.78 is 4.91. The van der Waals surface area contributed by atoms with E-state index in [2.05, 4.69) is 10.3 Å². The zero-order valence-electron chi connectivity index (χ0n) is 12.3. The molecule has 1 heterocycles. The zero-order valence-corrected chi connectivity index (χ0v) is 13.8. The molecule has 7 heteroatoms. The van der Waals surface area contributed by atoms with Crippen LogP contribution in [0.3, 0.4) is 0 Å². The van der Waals surface area contributed by atoms with Crippen molar-refractivity contribution in [1.82, 2.24) is 10.3 Å². The molecule has 2 aromatic rings. The van der Waals surface area contributed by atoms with Crippen molar-refractivity contribution in [1.29, 1.82) is 0 Å². The van der Waals surface area contributed by atoms with Gasteiger partial charge in [0.1, 0.15) is 5.69 Å². The van der Waals surface area contributed by atoms with Gasteiger partial charge >= 0.3 is 5.97 Å². The van der Waals surface area contributed by atoms with E-state index in [4.69, 9.17) is 27.9 Å². The monoisotopic (exact) mass is 352 g/mol. The first-order chi connectivity index (χ1) is 11.0. The number of carbonyl (C=O) groups is 2. The van der Waals surface area contributed by atoms with Gasteiger partial charge in [-0.05, 0) is 36.8 Å². The van der Waals surface area contributed by atoms with E-state index in [1.165, 1.54) is 12.3 Å². The van der Waals surface area contributed by atoms with Crippen LogP contribution < -0.4 is 5.32 Å². The van der Waals surface area contributed by atoms with Crippen molar-refractivity contribution in [2.45, 2.75) is 13.0 Å². The van der Waals surface area contributed by atoms with Crippen LogP contribution >= 0.6 is 23.2 Å². The molecule has 0 spiro atoms. The minimum atomic E-state index is -0.650. The molecule has 0 aliphatic rings. The summed E-state index contributed by atoms with van der Waals surface area (Å²) >= 11 is 11.8. The van der Waals surface area contributed by atoms with Crippen molar-refractivity contribution < 1.29 is 14.3 Å². The molecule has 120 valence electrons. The van der Waals surface area contributed by atoms with Crippen LogP contribution in [0.15, 0.2) is 42.6 Å². The summed E-state index contributed by atoms with van der Waals surface area (Å²) in [7, 11) is 0. The predicted molar refractivity (Wildman–Crippen MR) is 87.5 cm³/mol. The highest BCUT2D eigenvalue weighted by Gasteiger charge is 2.14. The summed E-state index contributed by atoms with van der Waals surface area (Å²) in [4.78, 5) is 27.4. The Balaban J connectivity index is 1.87. The fourth-order valence-corrected chi connectivity index (χ4v) is 2.14. The van der Waals surface area contributed by atoms with Gasteiger partial charge in [-0.2, -0.15) is 0 Å². The van der Waals surface area contributed by atoms with Crippen LogP contribution in [0, 0.1) is 0 Å².